The second-order valence-electron chi connectivity index (χ2n) is 17.2. The maximum Gasteiger partial charge on any atom is 0.135 e. The first-order valence-corrected chi connectivity index (χ1v) is 20.9. The van der Waals surface area contributed by atoms with Gasteiger partial charge in [-0.15, -0.1) is 0 Å². The molecule has 8 aromatic carbocycles. The minimum absolute atomic E-state index is 0.0270. The molecule has 2 aliphatic carbocycles. The number of allylic oxidation sites excluding steroid dienone is 2. The molecule has 0 saturated carbocycles. The fourth-order valence-electron chi connectivity index (χ4n) is 10.2. The second-order valence-corrected chi connectivity index (χ2v) is 17.2. The molecule has 2 unspecified atom stereocenters. The molecule has 3 heterocycles. The third kappa shape index (κ3) is 4.96. The van der Waals surface area contributed by atoms with Crippen LogP contribution in [0.1, 0.15) is 42.0 Å². The zero-order valence-electron chi connectivity index (χ0n) is 33.2. The molecule has 10 aromatic rings. The molecule has 3 nitrogen and oxygen atoms in total. The predicted molar refractivity (Wildman–Crippen MR) is 246 cm³/mol. The van der Waals surface area contributed by atoms with Gasteiger partial charge in [0, 0.05) is 38.4 Å². The van der Waals surface area contributed by atoms with Gasteiger partial charge in [0.2, 0.25) is 0 Å². The summed E-state index contributed by atoms with van der Waals surface area (Å²) in [6, 6.07) is 59.0. The van der Waals surface area contributed by atoms with Crippen LogP contribution in [0, 0.1) is 0 Å². The van der Waals surface area contributed by atoms with Crippen LogP contribution in [0.5, 0.6) is 5.75 Å². The van der Waals surface area contributed by atoms with Gasteiger partial charge in [0.1, 0.15) is 34.2 Å². The Hall–Kier alpha value is -7.36. The first kappa shape index (κ1) is 33.6. The van der Waals surface area contributed by atoms with E-state index in [-0.39, 0.29) is 17.4 Å². The molecule has 0 bridgehead atoms. The van der Waals surface area contributed by atoms with Crippen LogP contribution in [0.25, 0.3) is 94.0 Å². The van der Waals surface area contributed by atoms with Gasteiger partial charge in [-0.05, 0) is 140 Å². The zero-order valence-corrected chi connectivity index (χ0v) is 33.2. The maximum atomic E-state index is 6.73. The highest BCUT2D eigenvalue weighted by molar-refractivity contribution is 6.09. The lowest BCUT2D eigenvalue weighted by atomic mass is 9.80. The lowest BCUT2D eigenvalue weighted by Crippen LogP contribution is -2.17. The Morgan fingerprint density at radius 3 is 1.50 bits per heavy atom. The second kappa shape index (κ2) is 12.3. The highest BCUT2D eigenvalue weighted by Crippen LogP contribution is 2.55. The third-order valence-electron chi connectivity index (χ3n) is 13.4. The summed E-state index contributed by atoms with van der Waals surface area (Å²) in [7, 11) is 0. The fraction of sp³-hybridized carbons (Fsp3) is 0.0877. The molecule has 2 aromatic heterocycles. The molecule has 0 spiro atoms. The average Bonchev–Trinajstić information content (AvgIpc) is 4.02. The van der Waals surface area contributed by atoms with Crippen molar-refractivity contribution < 1.29 is 13.6 Å². The Labute approximate surface area is 347 Å². The Morgan fingerprint density at radius 2 is 0.917 bits per heavy atom. The van der Waals surface area contributed by atoms with Crippen LogP contribution in [0.4, 0.5) is 0 Å². The number of rotatable bonds is 4. The van der Waals surface area contributed by atoms with Crippen molar-refractivity contribution in [3.8, 4) is 50.3 Å². The van der Waals surface area contributed by atoms with Crippen molar-refractivity contribution >= 4 is 49.5 Å². The Kier molecular flexibility index (Phi) is 6.90. The normalized spacial score (nSPS) is 17.1. The van der Waals surface area contributed by atoms with Gasteiger partial charge in [-0.2, -0.15) is 0 Å². The maximum absolute atomic E-state index is 6.73. The minimum Gasteiger partial charge on any atom is -0.485 e. The topological polar surface area (TPSA) is 35.5 Å². The predicted octanol–water partition coefficient (Wildman–Crippen LogP) is 15.3. The first-order chi connectivity index (χ1) is 29.4. The molecule has 3 heteroatoms. The molecular formula is C57H38O3. The zero-order chi connectivity index (χ0) is 39.7. The van der Waals surface area contributed by atoms with Gasteiger partial charge in [-0.3, -0.25) is 0 Å². The quantitative estimate of drug-likeness (QED) is 0.179. The molecule has 2 atom stereocenters. The number of hydrogen-bond acceptors (Lipinski definition) is 3. The van der Waals surface area contributed by atoms with Gasteiger partial charge in [0.15, 0.2) is 0 Å². The van der Waals surface area contributed by atoms with E-state index in [1.807, 2.05) is 0 Å². The van der Waals surface area contributed by atoms with E-state index in [1.54, 1.807) is 0 Å². The molecule has 1 aliphatic heterocycles. The summed E-state index contributed by atoms with van der Waals surface area (Å²) in [6.07, 6.45) is 6.85. The van der Waals surface area contributed by atoms with E-state index >= 15 is 0 Å². The Morgan fingerprint density at radius 1 is 0.433 bits per heavy atom. The summed E-state index contributed by atoms with van der Waals surface area (Å²) in [5.74, 6) is 1.11. The average molecular weight is 771 g/mol. The van der Waals surface area contributed by atoms with Gasteiger partial charge in [0.25, 0.3) is 0 Å². The highest BCUT2D eigenvalue weighted by Gasteiger charge is 2.41. The molecule has 0 radical (unpaired) electrons. The lowest BCUT2D eigenvalue weighted by Gasteiger charge is -2.22. The summed E-state index contributed by atoms with van der Waals surface area (Å²) >= 11 is 0. The number of fused-ring (bicyclic) bond motifs is 12. The molecule has 284 valence electrons. The third-order valence-corrected chi connectivity index (χ3v) is 13.4. The van der Waals surface area contributed by atoms with Crippen LogP contribution in [0.2, 0.25) is 0 Å². The summed E-state index contributed by atoms with van der Waals surface area (Å²) in [5, 5.41) is 4.54. The van der Waals surface area contributed by atoms with Crippen LogP contribution in [-0.4, -0.2) is 6.10 Å². The van der Waals surface area contributed by atoms with Crippen molar-refractivity contribution in [1.29, 1.82) is 0 Å². The van der Waals surface area contributed by atoms with E-state index in [9.17, 15) is 0 Å². The van der Waals surface area contributed by atoms with Crippen LogP contribution >= 0.6 is 0 Å². The molecule has 13 rings (SSSR count). The fourth-order valence-corrected chi connectivity index (χ4v) is 10.2. The molecule has 3 aliphatic rings. The van der Waals surface area contributed by atoms with Gasteiger partial charge in [-0.25, -0.2) is 0 Å². The van der Waals surface area contributed by atoms with Gasteiger partial charge < -0.3 is 13.6 Å². The smallest absolute Gasteiger partial charge is 0.135 e. The molecular weight excluding hydrogens is 733 g/mol. The van der Waals surface area contributed by atoms with Gasteiger partial charge >= 0.3 is 0 Å². The SMILES string of the molecule is CC1(C)c2cc(-c3ccc4oc5ccc(-c6ccccc6)cc5c4c3)ccc2-c2cc3c(cc21)OC1C=CC(c2ccc4oc5ccc(-c6ccccc6)cc5c4c2)=CC31. The largest absolute Gasteiger partial charge is 0.485 e. The van der Waals surface area contributed by atoms with Crippen molar-refractivity contribution in [3.05, 3.63) is 204 Å². The van der Waals surface area contributed by atoms with E-state index < -0.39 is 0 Å². The van der Waals surface area contributed by atoms with Gasteiger partial charge in [0.05, 0.1) is 0 Å². The van der Waals surface area contributed by atoms with Crippen molar-refractivity contribution in [3.63, 3.8) is 0 Å². The summed E-state index contributed by atoms with van der Waals surface area (Å²) in [6.45, 7) is 4.70. The molecule has 0 amide bonds. The number of hydrogen-bond donors (Lipinski definition) is 0. The number of benzene rings is 8. The van der Waals surface area contributed by atoms with Crippen LogP contribution < -0.4 is 4.74 Å². The van der Waals surface area contributed by atoms with E-state index in [1.165, 1.54) is 72.3 Å². The van der Waals surface area contributed by atoms with Crippen molar-refractivity contribution in [2.45, 2.75) is 31.3 Å². The standard InChI is InChI=1S/C57H38O3/c1-57(2)49-30-40(39-18-23-54-46(29-39)44-26-36(15-21-52(44)59-54)34-11-7-4-8-12-34)13-19-41(49)42-31-48-47-28-38(17-24-55(47)60-56(48)32-50(42)57)37-16-22-53-45(27-37)43-25-35(14-20-51(43)58-53)33-9-5-3-6-10-33/h3-32,47,55H,1-2H3. The summed E-state index contributed by atoms with van der Waals surface area (Å²) < 4.78 is 19.3. The number of ether oxygens (including phenoxy) is 1. The van der Waals surface area contributed by atoms with Crippen molar-refractivity contribution in [2.24, 2.45) is 0 Å². The van der Waals surface area contributed by atoms with E-state index in [0.717, 1.165) is 49.6 Å². The van der Waals surface area contributed by atoms with Crippen molar-refractivity contribution in [2.75, 3.05) is 0 Å². The van der Waals surface area contributed by atoms with E-state index in [0.29, 0.717) is 0 Å². The van der Waals surface area contributed by atoms with E-state index in [4.69, 9.17) is 13.6 Å². The van der Waals surface area contributed by atoms with Crippen LogP contribution in [-0.2, 0) is 5.41 Å². The Bertz CT molecular complexity index is 3490. The molecule has 60 heavy (non-hydrogen) atoms. The van der Waals surface area contributed by atoms with Gasteiger partial charge in [-0.1, -0.05) is 123 Å². The van der Waals surface area contributed by atoms with Crippen LogP contribution in [0.3, 0.4) is 0 Å². The monoisotopic (exact) mass is 770 g/mol. The van der Waals surface area contributed by atoms with Crippen LogP contribution in [0.15, 0.2) is 191 Å². The van der Waals surface area contributed by atoms with Crippen molar-refractivity contribution in [1.82, 2.24) is 0 Å². The molecule has 0 fully saturated rings. The highest BCUT2D eigenvalue weighted by atomic mass is 16.5. The Balaban J connectivity index is 0.852. The summed E-state index contributed by atoms with van der Waals surface area (Å²) in [4.78, 5) is 0. The van der Waals surface area contributed by atoms with E-state index in [2.05, 4.69) is 196 Å². The first-order valence-electron chi connectivity index (χ1n) is 20.9. The lowest BCUT2D eigenvalue weighted by molar-refractivity contribution is 0.269. The number of furan rings is 2. The summed E-state index contributed by atoms with van der Waals surface area (Å²) in [5.41, 5.74) is 19.5. The molecule has 0 N–H and O–H groups in total. The molecule has 0 saturated heterocycles. The minimum atomic E-state index is -0.191.